The van der Waals surface area contributed by atoms with Gasteiger partial charge in [-0.15, -0.1) is 0 Å². The summed E-state index contributed by atoms with van der Waals surface area (Å²) in [4.78, 5) is 0. The van der Waals surface area contributed by atoms with E-state index in [-0.39, 0.29) is 0 Å². The number of rotatable bonds is 0. The molecule has 0 aromatic carbocycles. The number of halogens is 1. The molecule has 1 unspecified atom stereocenters. The molecule has 0 aliphatic carbocycles. The molecule has 1 heterocycles. The third-order valence-corrected chi connectivity index (χ3v) is 2.56. The van der Waals surface area contributed by atoms with Gasteiger partial charge in [0.2, 0.25) is 0 Å². The van der Waals surface area contributed by atoms with Gasteiger partial charge in [-0.1, -0.05) is 35.4 Å². The van der Waals surface area contributed by atoms with Crippen molar-refractivity contribution < 1.29 is 0 Å². The van der Waals surface area contributed by atoms with Gasteiger partial charge in [-0.05, 0) is 19.4 Å². The van der Waals surface area contributed by atoms with Crippen molar-refractivity contribution in [2.45, 2.75) is 29.7 Å². The number of alkyl halides is 1. The maximum absolute atomic E-state index is 3.43. The van der Waals surface area contributed by atoms with Crippen LogP contribution in [0, 0.1) is 0 Å². The molecule has 1 N–H and O–H groups in total. The minimum Gasteiger partial charge on any atom is -0.305 e. The Labute approximate surface area is 64.4 Å². The monoisotopic (exact) mass is 225 g/mol. The fourth-order valence-electron chi connectivity index (χ4n) is 0.986. The van der Waals surface area contributed by atoms with E-state index >= 15 is 0 Å². The highest BCUT2D eigenvalue weighted by molar-refractivity contribution is 14.1. The third kappa shape index (κ3) is 2.31. The van der Waals surface area contributed by atoms with Crippen molar-refractivity contribution in [1.82, 2.24) is 5.32 Å². The zero-order valence-corrected chi connectivity index (χ0v) is 7.15. The highest BCUT2D eigenvalue weighted by Gasteiger charge is 2.05. The van der Waals surface area contributed by atoms with Crippen LogP contribution in [0.4, 0.5) is 0 Å². The first-order chi connectivity index (χ1) is 3.89. The molecule has 0 aromatic rings. The van der Waals surface area contributed by atoms with Gasteiger partial charge in [0.1, 0.15) is 0 Å². The fourth-order valence-corrected chi connectivity index (χ4v) is 1.74. The molecule has 1 aliphatic rings. The summed E-state index contributed by atoms with van der Waals surface area (Å²) in [5.74, 6) is 0. The summed E-state index contributed by atoms with van der Waals surface area (Å²) < 4.78 is 0.745. The van der Waals surface area contributed by atoms with Gasteiger partial charge in [0.05, 0.1) is 4.05 Å². The normalized spacial score (nSPS) is 31.9. The molecule has 0 radical (unpaired) electrons. The van der Waals surface area contributed by atoms with Crippen LogP contribution in [0.3, 0.4) is 0 Å². The summed E-state index contributed by atoms with van der Waals surface area (Å²) in [7, 11) is 0. The molecule has 0 aromatic heterocycles. The Morgan fingerprint density at radius 1 is 1.25 bits per heavy atom. The zero-order valence-electron chi connectivity index (χ0n) is 4.99. The predicted octanol–water partition coefficient (Wildman–Crippen LogP) is 1.91. The van der Waals surface area contributed by atoms with Crippen molar-refractivity contribution in [3.05, 3.63) is 0 Å². The van der Waals surface area contributed by atoms with E-state index in [4.69, 9.17) is 0 Å². The van der Waals surface area contributed by atoms with Crippen LogP contribution in [-0.4, -0.2) is 10.6 Å². The first-order valence-electron chi connectivity index (χ1n) is 3.27. The lowest BCUT2D eigenvalue weighted by atomic mass is 10.2. The van der Waals surface area contributed by atoms with E-state index < -0.39 is 0 Å². The molecule has 1 nitrogen and oxygen atoms in total. The van der Waals surface area contributed by atoms with Crippen LogP contribution in [0.2, 0.25) is 0 Å². The highest BCUT2D eigenvalue weighted by atomic mass is 127. The SMILES string of the molecule is IC1CCCCCN1. The van der Waals surface area contributed by atoms with Crippen molar-refractivity contribution in [3.8, 4) is 0 Å². The van der Waals surface area contributed by atoms with Gasteiger partial charge in [0, 0.05) is 0 Å². The maximum atomic E-state index is 3.43. The van der Waals surface area contributed by atoms with Gasteiger partial charge in [0.15, 0.2) is 0 Å². The third-order valence-electron chi connectivity index (χ3n) is 1.50. The van der Waals surface area contributed by atoms with E-state index in [1.165, 1.54) is 32.2 Å². The summed E-state index contributed by atoms with van der Waals surface area (Å²) in [5.41, 5.74) is 0. The van der Waals surface area contributed by atoms with Crippen molar-refractivity contribution in [2.75, 3.05) is 6.54 Å². The lowest BCUT2D eigenvalue weighted by Gasteiger charge is -2.04. The van der Waals surface area contributed by atoms with Crippen LogP contribution < -0.4 is 5.32 Å². The minimum atomic E-state index is 0.745. The van der Waals surface area contributed by atoms with E-state index in [1.807, 2.05) is 0 Å². The number of hydrogen-bond acceptors (Lipinski definition) is 1. The Kier molecular flexibility index (Phi) is 3.12. The van der Waals surface area contributed by atoms with E-state index in [1.54, 1.807) is 0 Å². The Balaban J connectivity index is 2.17. The van der Waals surface area contributed by atoms with Crippen LogP contribution in [0.15, 0.2) is 0 Å². The standard InChI is InChI=1S/C6H12IN/c7-6-4-2-1-3-5-8-6/h6,8H,1-5H2. The molecule has 48 valence electrons. The summed E-state index contributed by atoms with van der Waals surface area (Å²) in [6, 6.07) is 0. The molecule has 0 saturated carbocycles. The second-order valence-corrected chi connectivity index (χ2v) is 3.77. The number of nitrogens with one attached hydrogen (secondary N) is 1. The molecule has 1 saturated heterocycles. The minimum absolute atomic E-state index is 0.745. The first kappa shape index (κ1) is 6.81. The summed E-state index contributed by atoms with van der Waals surface area (Å²) in [6.07, 6.45) is 5.58. The average Bonchev–Trinajstić information content (AvgIpc) is 1.94. The van der Waals surface area contributed by atoms with Crippen LogP contribution >= 0.6 is 22.6 Å². The molecule has 1 fully saturated rings. The largest absolute Gasteiger partial charge is 0.305 e. The zero-order chi connectivity index (χ0) is 5.82. The van der Waals surface area contributed by atoms with Crippen LogP contribution in [-0.2, 0) is 0 Å². The molecule has 0 amide bonds. The van der Waals surface area contributed by atoms with Gasteiger partial charge in [-0.2, -0.15) is 0 Å². The molecule has 2 heteroatoms. The lowest BCUT2D eigenvalue weighted by Crippen LogP contribution is -2.21. The van der Waals surface area contributed by atoms with Gasteiger partial charge >= 0.3 is 0 Å². The molecule has 0 spiro atoms. The predicted molar refractivity (Wildman–Crippen MR) is 44.3 cm³/mol. The second kappa shape index (κ2) is 3.67. The van der Waals surface area contributed by atoms with E-state index in [0.29, 0.717) is 0 Å². The number of hydrogen-bond donors (Lipinski definition) is 1. The van der Waals surface area contributed by atoms with Crippen molar-refractivity contribution in [2.24, 2.45) is 0 Å². The molecule has 8 heavy (non-hydrogen) atoms. The summed E-state index contributed by atoms with van der Waals surface area (Å²) in [6.45, 7) is 1.23. The molecule has 0 bridgehead atoms. The van der Waals surface area contributed by atoms with E-state index in [9.17, 15) is 0 Å². The maximum Gasteiger partial charge on any atom is 0.0593 e. The van der Waals surface area contributed by atoms with E-state index in [0.717, 1.165) is 4.05 Å². The highest BCUT2D eigenvalue weighted by Crippen LogP contribution is 2.12. The van der Waals surface area contributed by atoms with Gasteiger partial charge in [-0.3, -0.25) is 0 Å². The average molecular weight is 225 g/mol. The van der Waals surface area contributed by atoms with Crippen molar-refractivity contribution in [1.29, 1.82) is 0 Å². The van der Waals surface area contributed by atoms with Crippen molar-refractivity contribution in [3.63, 3.8) is 0 Å². The Bertz CT molecular complexity index is 57.5. The van der Waals surface area contributed by atoms with Crippen LogP contribution in [0.1, 0.15) is 25.7 Å². The van der Waals surface area contributed by atoms with Crippen LogP contribution in [0.25, 0.3) is 0 Å². The Morgan fingerprint density at radius 2 is 2.12 bits per heavy atom. The quantitative estimate of drug-likeness (QED) is 0.377. The first-order valence-corrected chi connectivity index (χ1v) is 4.51. The molecule has 1 aliphatic heterocycles. The Morgan fingerprint density at radius 3 is 3.00 bits per heavy atom. The van der Waals surface area contributed by atoms with Gasteiger partial charge in [-0.25, -0.2) is 0 Å². The second-order valence-electron chi connectivity index (χ2n) is 2.27. The lowest BCUT2D eigenvalue weighted by molar-refractivity contribution is 0.680. The topological polar surface area (TPSA) is 12.0 Å². The molecule has 1 rings (SSSR count). The summed E-state index contributed by atoms with van der Waals surface area (Å²) in [5, 5.41) is 3.43. The summed E-state index contributed by atoms with van der Waals surface area (Å²) >= 11 is 2.47. The molecular weight excluding hydrogens is 213 g/mol. The molecular formula is C6H12IN. The van der Waals surface area contributed by atoms with Crippen molar-refractivity contribution >= 4 is 22.6 Å². The van der Waals surface area contributed by atoms with Gasteiger partial charge < -0.3 is 5.32 Å². The molecule has 1 atom stereocenters. The van der Waals surface area contributed by atoms with E-state index in [2.05, 4.69) is 27.9 Å². The Hall–Kier alpha value is 0.690. The van der Waals surface area contributed by atoms with Gasteiger partial charge in [0.25, 0.3) is 0 Å². The smallest absolute Gasteiger partial charge is 0.0593 e. The fraction of sp³-hybridized carbons (Fsp3) is 1.00. The van der Waals surface area contributed by atoms with Crippen LogP contribution in [0.5, 0.6) is 0 Å².